The van der Waals surface area contributed by atoms with Crippen LogP contribution in [0.3, 0.4) is 0 Å². The highest BCUT2D eigenvalue weighted by molar-refractivity contribution is 6.14. The predicted octanol–water partition coefficient (Wildman–Crippen LogP) is 0.197. The second kappa shape index (κ2) is 11.3. The van der Waals surface area contributed by atoms with Gasteiger partial charge in [-0.1, -0.05) is 25.6 Å². The summed E-state index contributed by atoms with van der Waals surface area (Å²) in [5.74, 6) is -4.56. The van der Waals surface area contributed by atoms with Crippen molar-refractivity contribution in [2.75, 3.05) is 18.4 Å². The number of nitrogens with two attached hydrogens (primary N) is 1. The molecule has 0 unspecified atom stereocenters. The molecule has 2 radical (unpaired) electrons. The molecule has 1 aliphatic carbocycles. The summed E-state index contributed by atoms with van der Waals surface area (Å²) < 4.78 is 0. The molecule has 11 nitrogen and oxygen atoms in total. The number of primary amides is 1. The Morgan fingerprint density at radius 1 is 1.31 bits per heavy atom. The van der Waals surface area contributed by atoms with Crippen molar-refractivity contribution in [3.8, 4) is 0 Å². The average molecular weight is 492 g/mol. The molecular formula is C24H29BN6O5. The van der Waals surface area contributed by atoms with Crippen molar-refractivity contribution in [2.24, 2.45) is 5.73 Å². The lowest BCUT2D eigenvalue weighted by Gasteiger charge is -2.31. The molecule has 36 heavy (non-hydrogen) atoms. The Labute approximate surface area is 210 Å². The molecule has 1 aromatic carbocycles. The Morgan fingerprint density at radius 3 is 2.61 bits per heavy atom. The van der Waals surface area contributed by atoms with E-state index in [0.29, 0.717) is 35.2 Å². The molecule has 3 rings (SSSR count). The van der Waals surface area contributed by atoms with Crippen LogP contribution in [0.2, 0.25) is 0 Å². The Bertz CT molecular complexity index is 1160. The third-order valence-corrected chi connectivity index (χ3v) is 5.60. The van der Waals surface area contributed by atoms with Crippen LogP contribution in [0.15, 0.2) is 36.9 Å². The van der Waals surface area contributed by atoms with Gasteiger partial charge in [-0.3, -0.25) is 19.3 Å². The Hall–Kier alpha value is -3.77. The van der Waals surface area contributed by atoms with Crippen molar-refractivity contribution in [1.29, 1.82) is 0 Å². The minimum atomic E-state index is -3.00. The van der Waals surface area contributed by atoms with Crippen LogP contribution in [-0.2, 0) is 22.4 Å². The first-order valence-electron chi connectivity index (χ1n) is 11.5. The van der Waals surface area contributed by atoms with Gasteiger partial charge in [-0.15, -0.1) is 0 Å². The first kappa shape index (κ1) is 26.8. The average Bonchev–Trinajstić information content (AvgIpc) is 3.66. The van der Waals surface area contributed by atoms with Gasteiger partial charge in [0.15, 0.2) is 25.2 Å². The molecule has 0 bridgehead atoms. The summed E-state index contributed by atoms with van der Waals surface area (Å²) in [5.41, 5.74) is 8.83. The van der Waals surface area contributed by atoms with E-state index in [-0.39, 0.29) is 12.2 Å². The van der Waals surface area contributed by atoms with Gasteiger partial charge in [0.1, 0.15) is 6.54 Å². The fourth-order valence-corrected chi connectivity index (χ4v) is 3.64. The number of amides is 3. The summed E-state index contributed by atoms with van der Waals surface area (Å²) in [7, 11) is 5.12. The summed E-state index contributed by atoms with van der Waals surface area (Å²) in [4.78, 5) is 45.4. The smallest absolute Gasteiger partial charge is 0.271 e. The Balaban J connectivity index is 1.66. The second-order valence-electron chi connectivity index (χ2n) is 8.49. The van der Waals surface area contributed by atoms with E-state index in [1.54, 1.807) is 6.07 Å². The number of carbonyl (C=O) groups excluding carboxylic acids is 3. The predicted molar refractivity (Wildman–Crippen MR) is 133 cm³/mol. The van der Waals surface area contributed by atoms with Crippen molar-refractivity contribution < 1.29 is 24.6 Å². The molecule has 12 heteroatoms. The standard InChI is InChI=1S/C24H29BN6O5/c1-3-17-20(15-8-9-15)30-23(21(29-17)22(26)34)28-16-7-5-6-14(12-16)10-11-27-18(32)13-31(19(33)4-2)24(25,35)36/h4-7,12,15,35-36H,2-3,8-11,13H2,1H3,(H2,26,34)(H,27,32)(H,28,30). The molecule has 6 N–H and O–H groups in total. The van der Waals surface area contributed by atoms with Crippen molar-refractivity contribution in [1.82, 2.24) is 20.2 Å². The van der Waals surface area contributed by atoms with Gasteiger partial charge in [0, 0.05) is 18.2 Å². The molecule has 1 fully saturated rings. The van der Waals surface area contributed by atoms with Gasteiger partial charge in [-0.25, -0.2) is 9.97 Å². The van der Waals surface area contributed by atoms with Gasteiger partial charge >= 0.3 is 0 Å². The largest absolute Gasteiger partial charge is 0.364 e. The van der Waals surface area contributed by atoms with Crippen LogP contribution >= 0.6 is 0 Å². The molecule has 188 valence electrons. The molecule has 1 aliphatic rings. The number of rotatable bonds is 12. The van der Waals surface area contributed by atoms with Crippen LogP contribution in [0.5, 0.6) is 0 Å². The van der Waals surface area contributed by atoms with Crippen LogP contribution in [0.4, 0.5) is 11.5 Å². The maximum Gasteiger partial charge on any atom is 0.271 e. The number of aryl methyl sites for hydroxylation is 1. The van der Waals surface area contributed by atoms with E-state index in [2.05, 4.69) is 27.2 Å². The molecule has 2 aromatic rings. The van der Waals surface area contributed by atoms with Crippen molar-refractivity contribution >= 4 is 37.1 Å². The molecule has 0 spiro atoms. The number of benzene rings is 1. The third kappa shape index (κ3) is 6.89. The number of hydrogen-bond donors (Lipinski definition) is 5. The molecular weight excluding hydrogens is 463 g/mol. The molecule has 1 saturated carbocycles. The highest BCUT2D eigenvalue weighted by Gasteiger charge is 2.31. The van der Waals surface area contributed by atoms with Crippen LogP contribution in [0.25, 0.3) is 0 Å². The summed E-state index contributed by atoms with van der Waals surface area (Å²) in [6.45, 7) is 4.74. The lowest BCUT2D eigenvalue weighted by atomic mass is 10.0. The van der Waals surface area contributed by atoms with E-state index in [1.807, 2.05) is 25.1 Å². The molecule has 1 heterocycles. The van der Waals surface area contributed by atoms with Crippen LogP contribution < -0.4 is 16.4 Å². The Morgan fingerprint density at radius 2 is 2.03 bits per heavy atom. The van der Waals surface area contributed by atoms with E-state index < -0.39 is 30.1 Å². The zero-order valence-corrected chi connectivity index (χ0v) is 20.0. The van der Waals surface area contributed by atoms with Gasteiger partial charge in [-0.2, -0.15) is 0 Å². The van der Waals surface area contributed by atoms with Gasteiger partial charge in [0.2, 0.25) is 11.8 Å². The Kier molecular flexibility index (Phi) is 8.43. The summed E-state index contributed by atoms with van der Waals surface area (Å²) in [6.07, 6.45) is 3.99. The summed E-state index contributed by atoms with van der Waals surface area (Å²) in [6, 6.07) is 7.31. The van der Waals surface area contributed by atoms with Crippen LogP contribution in [0, 0.1) is 0 Å². The maximum atomic E-state index is 12.2. The molecule has 0 aliphatic heterocycles. The van der Waals surface area contributed by atoms with Gasteiger partial charge in [-0.05, 0) is 49.5 Å². The highest BCUT2D eigenvalue weighted by atomic mass is 16.5. The van der Waals surface area contributed by atoms with Crippen molar-refractivity contribution in [3.05, 3.63) is 59.6 Å². The quantitative estimate of drug-likeness (QED) is 0.159. The van der Waals surface area contributed by atoms with Crippen LogP contribution in [0.1, 0.15) is 53.1 Å². The lowest BCUT2D eigenvalue weighted by Crippen LogP contribution is -2.55. The molecule has 3 amide bonds. The summed E-state index contributed by atoms with van der Waals surface area (Å²) >= 11 is 0. The number of aromatic nitrogens is 2. The number of nitrogens with zero attached hydrogens (tertiary/aromatic N) is 3. The third-order valence-electron chi connectivity index (χ3n) is 5.60. The minimum Gasteiger partial charge on any atom is -0.364 e. The van der Waals surface area contributed by atoms with E-state index in [9.17, 15) is 24.6 Å². The van der Waals surface area contributed by atoms with Gasteiger partial charge < -0.3 is 26.6 Å². The SMILES string of the molecule is [B]C(O)(O)N(CC(=O)NCCc1cccc(Nc2nc(C3CC3)c(CC)nc2C(N)=O)c1)C(=O)C=C. The van der Waals surface area contributed by atoms with Gasteiger partial charge in [0.25, 0.3) is 5.91 Å². The van der Waals surface area contributed by atoms with E-state index >= 15 is 0 Å². The minimum absolute atomic E-state index is 0.0799. The molecule has 0 saturated heterocycles. The van der Waals surface area contributed by atoms with E-state index in [4.69, 9.17) is 13.6 Å². The zero-order chi connectivity index (χ0) is 26.5. The zero-order valence-electron chi connectivity index (χ0n) is 20.0. The van der Waals surface area contributed by atoms with Crippen molar-refractivity contribution in [2.45, 2.75) is 44.3 Å². The first-order chi connectivity index (χ1) is 17.0. The van der Waals surface area contributed by atoms with Gasteiger partial charge in [0.05, 0.1) is 11.4 Å². The normalized spacial score (nSPS) is 13.1. The van der Waals surface area contributed by atoms with E-state index in [1.165, 1.54) is 0 Å². The molecule has 0 atom stereocenters. The number of aliphatic hydroxyl groups is 2. The van der Waals surface area contributed by atoms with Crippen molar-refractivity contribution in [3.63, 3.8) is 0 Å². The fourth-order valence-electron chi connectivity index (χ4n) is 3.64. The second-order valence-corrected chi connectivity index (χ2v) is 8.49. The summed E-state index contributed by atoms with van der Waals surface area (Å²) in [5, 5.41) is 24.7. The molecule has 1 aromatic heterocycles. The van der Waals surface area contributed by atoms with E-state index in [0.717, 1.165) is 35.9 Å². The number of carbonyl (C=O) groups is 3. The highest BCUT2D eigenvalue weighted by Crippen LogP contribution is 2.41. The number of anilines is 2. The monoisotopic (exact) mass is 492 g/mol. The van der Waals surface area contributed by atoms with Crippen LogP contribution in [-0.4, -0.2) is 69.5 Å². The fraction of sp³-hybridized carbons (Fsp3) is 0.375. The first-order valence-corrected chi connectivity index (χ1v) is 11.5. The number of nitrogens with one attached hydrogen (secondary N) is 2. The topological polar surface area (TPSA) is 171 Å². The number of hydrogen-bond acceptors (Lipinski definition) is 8. The lowest BCUT2D eigenvalue weighted by molar-refractivity contribution is -0.200. The maximum absolute atomic E-state index is 12.2.